The number of anilines is 2. The highest BCUT2D eigenvalue weighted by molar-refractivity contribution is 6.30. The van der Waals surface area contributed by atoms with Gasteiger partial charge in [-0.15, -0.1) is 0 Å². The second kappa shape index (κ2) is 10.1. The SMILES string of the molecule is Cc1nc(N2CCN(CCO)CC2)nc2ccc(NC(=O)COc3ccc(Cl)cc3)nc12. The summed E-state index contributed by atoms with van der Waals surface area (Å²) < 4.78 is 5.47. The number of pyridine rings is 1. The van der Waals surface area contributed by atoms with Crippen molar-refractivity contribution in [1.29, 1.82) is 0 Å². The second-order valence-corrected chi connectivity index (χ2v) is 7.95. The molecular weight excluding hydrogens is 432 g/mol. The van der Waals surface area contributed by atoms with Crippen LogP contribution >= 0.6 is 11.6 Å². The average Bonchev–Trinajstić information content (AvgIpc) is 2.80. The minimum absolute atomic E-state index is 0.141. The third-order valence-corrected chi connectivity index (χ3v) is 5.48. The van der Waals surface area contributed by atoms with Gasteiger partial charge in [0.25, 0.3) is 5.91 Å². The summed E-state index contributed by atoms with van der Waals surface area (Å²) in [6.07, 6.45) is 0. The molecule has 3 heterocycles. The summed E-state index contributed by atoms with van der Waals surface area (Å²) >= 11 is 5.85. The first-order valence-electron chi connectivity index (χ1n) is 10.4. The van der Waals surface area contributed by atoms with E-state index in [-0.39, 0.29) is 19.1 Å². The summed E-state index contributed by atoms with van der Waals surface area (Å²) in [5.74, 6) is 1.33. The highest BCUT2D eigenvalue weighted by atomic mass is 35.5. The van der Waals surface area contributed by atoms with E-state index in [2.05, 4.69) is 30.1 Å². The van der Waals surface area contributed by atoms with Crippen LogP contribution in [0.15, 0.2) is 36.4 Å². The number of rotatable bonds is 7. The second-order valence-electron chi connectivity index (χ2n) is 7.52. The first-order valence-corrected chi connectivity index (χ1v) is 10.8. The lowest BCUT2D eigenvalue weighted by Gasteiger charge is -2.34. The Hall–Kier alpha value is -3.01. The summed E-state index contributed by atoms with van der Waals surface area (Å²) in [4.78, 5) is 30.4. The maximum Gasteiger partial charge on any atom is 0.263 e. The van der Waals surface area contributed by atoms with E-state index in [1.807, 2.05) is 13.0 Å². The van der Waals surface area contributed by atoms with E-state index in [9.17, 15) is 4.79 Å². The van der Waals surface area contributed by atoms with E-state index in [1.54, 1.807) is 30.3 Å². The lowest BCUT2D eigenvalue weighted by atomic mass is 10.3. The Bertz CT molecular complexity index is 1090. The summed E-state index contributed by atoms with van der Waals surface area (Å²) in [7, 11) is 0. The first kappa shape index (κ1) is 22.2. The molecule has 2 aromatic heterocycles. The molecule has 0 saturated carbocycles. The lowest BCUT2D eigenvalue weighted by molar-refractivity contribution is -0.118. The molecule has 32 heavy (non-hydrogen) atoms. The van der Waals surface area contributed by atoms with E-state index in [1.165, 1.54) is 0 Å². The maximum atomic E-state index is 12.2. The quantitative estimate of drug-likeness (QED) is 0.557. The van der Waals surface area contributed by atoms with Crippen LogP contribution in [0.4, 0.5) is 11.8 Å². The van der Waals surface area contributed by atoms with Gasteiger partial charge in [-0.2, -0.15) is 0 Å². The van der Waals surface area contributed by atoms with Crippen LogP contribution in [0.5, 0.6) is 5.75 Å². The molecule has 1 saturated heterocycles. The van der Waals surface area contributed by atoms with Crippen LogP contribution < -0.4 is 15.0 Å². The normalized spacial score (nSPS) is 14.5. The number of piperazine rings is 1. The maximum absolute atomic E-state index is 12.2. The van der Waals surface area contributed by atoms with Crippen molar-refractivity contribution in [3.05, 3.63) is 47.1 Å². The van der Waals surface area contributed by atoms with Crippen LogP contribution in [-0.2, 0) is 4.79 Å². The Kier molecular flexibility index (Phi) is 6.99. The summed E-state index contributed by atoms with van der Waals surface area (Å²) in [6.45, 7) is 5.94. The van der Waals surface area contributed by atoms with Crippen molar-refractivity contribution in [1.82, 2.24) is 19.9 Å². The molecule has 10 heteroatoms. The van der Waals surface area contributed by atoms with E-state index >= 15 is 0 Å². The number of hydrogen-bond acceptors (Lipinski definition) is 8. The van der Waals surface area contributed by atoms with E-state index in [0.717, 1.165) is 37.4 Å². The zero-order valence-corrected chi connectivity index (χ0v) is 18.5. The zero-order chi connectivity index (χ0) is 22.5. The fourth-order valence-electron chi connectivity index (χ4n) is 3.53. The number of carbonyl (C=O) groups is 1. The number of fused-ring (bicyclic) bond motifs is 1. The van der Waals surface area contributed by atoms with Crippen molar-refractivity contribution in [3.8, 4) is 5.75 Å². The number of carbonyl (C=O) groups excluding carboxylic acids is 1. The fraction of sp³-hybridized carbons (Fsp3) is 0.364. The van der Waals surface area contributed by atoms with Gasteiger partial charge in [0.15, 0.2) is 6.61 Å². The Morgan fingerprint density at radius 3 is 2.56 bits per heavy atom. The number of nitrogens with one attached hydrogen (secondary N) is 1. The fourth-order valence-corrected chi connectivity index (χ4v) is 3.65. The number of aromatic nitrogens is 3. The topological polar surface area (TPSA) is 104 Å². The smallest absolute Gasteiger partial charge is 0.263 e. The number of β-amino-alcohol motifs (C(OH)–C–C–N with tert-alkyl or cyclic N) is 1. The summed E-state index contributed by atoms with van der Waals surface area (Å²) in [5, 5.41) is 12.4. The molecule has 0 radical (unpaired) electrons. The molecule has 0 unspecified atom stereocenters. The van der Waals surface area contributed by atoms with Crippen molar-refractivity contribution in [2.24, 2.45) is 0 Å². The van der Waals surface area contributed by atoms with Gasteiger partial charge in [-0.3, -0.25) is 9.69 Å². The molecule has 1 amide bonds. The average molecular weight is 457 g/mol. The molecular formula is C22H25ClN6O3. The number of hydrogen-bond donors (Lipinski definition) is 2. The minimum atomic E-state index is -0.317. The van der Waals surface area contributed by atoms with Crippen LogP contribution in [-0.4, -0.2) is 76.8 Å². The number of aliphatic hydroxyl groups excluding tert-OH is 1. The molecule has 168 valence electrons. The van der Waals surface area contributed by atoms with Crippen LogP contribution in [0.2, 0.25) is 5.02 Å². The predicted octanol–water partition coefficient (Wildman–Crippen LogP) is 2.12. The summed E-state index contributed by atoms with van der Waals surface area (Å²) in [6, 6.07) is 10.4. The van der Waals surface area contributed by atoms with Gasteiger partial charge in [0.1, 0.15) is 17.1 Å². The Morgan fingerprint density at radius 1 is 1.09 bits per heavy atom. The van der Waals surface area contributed by atoms with Gasteiger partial charge in [-0.25, -0.2) is 15.0 Å². The molecule has 0 bridgehead atoms. The zero-order valence-electron chi connectivity index (χ0n) is 17.8. The number of aliphatic hydroxyl groups is 1. The van der Waals surface area contributed by atoms with Gasteiger partial charge in [0.05, 0.1) is 17.8 Å². The van der Waals surface area contributed by atoms with Crippen molar-refractivity contribution >= 4 is 40.3 Å². The Balaban J connectivity index is 1.40. The highest BCUT2D eigenvalue weighted by Crippen LogP contribution is 2.21. The molecule has 0 atom stereocenters. The van der Waals surface area contributed by atoms with Gasteiger partial charge in [-0.1, -0.05) is 11.6 Å². The van der Waals surface area contributed by atoms with Crippen molar-refractivity contribution in [3.63, 3.8) is 0 Å². The van der Waals surface area contributed by atoms with Crippen LogP contribution in [0.3, 0.4) is 0 Å². The number of ether oxygens (including phenoxy) is 1. The van der Waals surface area contributed by atoms with Gasteiger partial charge in [0.2, 0.25) is 5.95 Å². The number of nitrogens with zero attached hydrogens (tertiary/aromatic N) is 5. The van der Waals surface area contributed by atoms with Crippen molar-refractivity contribution < 1.29 is 14.6 Å². The molecule has 1 aliphatic heterocycles. The minimum Gasteiger partial charge on any atom is -0.484 e. The van der Waals surface area contributed by atoms with Gasteiger partial charge in [0, 0.05) is 37.7 Å². The molecule has 1 aliphatic rings. The molecule has 2 N–H and O–H groups in total. The van der Waals surface area contributed by atoms with Crippen molar-refractivity contribution in [2.75, 3.05) is 56.2 Å². The molecule has 1 fully saturated rings. The van der Waals surface area contributed by atoms with Crippen molar-refractivity contribution in [2.45, 2.75) is 6.92 Å². The Labute approximate surface area is 191 Å². The largest absolute Gasteiger partial charge is 0.484 e. The van der Waals surface area contributed by atoms with Crippen LogP contribution in [0.25, 0.3) is 11.0 Å². The Morgan fingerprint density at radius 2 is 1.84 bits per heavy atom. The number of halogens is 1. The first-order chi connectivity index (χ1) is 15.5. The molecule has 3 aromatic rings. The monoisotopic (exact) mass is 456 g/mol. The molecule has 0 aliphatic carbocycles. The molecule has 4 rings (SSSR count). The summed E-state index contributed by atoms with van der Waals surface area (Å²) in [5.41, 5.74) is 2.11. The van der Waals surface area contributed by atoms with Crippen LogP contribution in [0, 0.1) is 6.92 Å². The third-order valence-electron chi connectivity index (χ3n) is 5.23. The molecule has 0 spiro atoms. The highest BCUT2D eigenvalue weighted by Gasteiger charge is 2.20. The number of amides is 1. The predicted molar refractivity (Wildman–Crippen MR) is 123 cm³/mol. The molecule has 1 aromatic carbocycles. The van der Waals surface area contributed by atoms with Gasteiger partial charge in [-0.05, 0) is 43.3 Å². The van der Waals surface area contributed by atoms with E-state index in [4.69, 9.17) is 21.4 Å². The standard InChI is InChI=1S/C22H25ClN6O3/c1-15-21-18(25-22(24-15)29-10-8-28(9-11-29)12-13-30)6-7-19(27-21)26-20(31)14-32-17-4-2-16(23)3-5-17/h2-7,30H,8-14H2,1H3,(H,26,27,31). The van der Waals surface area contributed by atoms with E-state index in [0.29, 0.717) is 34.6 Å². The van der Waals surface area contributed by atoms with Gasteiger partial charge < -0.3 is 20.1 Å². The number of benzene rings is 1. The van der Waals surface area contributed by atoms with Crippen LogP contribution in [0.1, 0.15) is 5.69 Å². The lowest BCUT2D eigenvalue weighted by Crippen LogP contribution is -2.47. The van der Waals surface area contributed by atoms with E-state index < -0.39 is 0 Å². The van der Waals surface area contributed by atoms with Gasteiger partial charge >= 0.3 is 0 Å². The number of aryl methyl sites for hydroxylation is 1. The third kappa shape index (κ3) is 5.42. The molecule has 9 nitrogen and oxygen atoms in total.